The summed E-state index contributed by atoms with van der Waals surface area (Å²) in [5, 5.41) is 0. The molecule has 118 valence electrons. The maximum atomic E-state index is 12.9. The van der Waals surface area contributed by atoms with Crippen LogP contribution in [0.25, 0.3) is 0 Å². The number of nitrogen functional groups attached to an aromatic ring is 1. The van der Waals surface area contributed by atoms with Gasteiger partial charge < -0.3 is 5.43 Å². The number of nitrogens with two attached hydrogens (primary N) is 1. The van der Waals surface area contributed by atoms with Crippen LogP contribution in [0.1, 0.15) is 13.8 Å². The van der Waals surface area contributed by atoms with Gasteiger partial charge in [0.15, 0.2) is 5.82 Å². The molecule has 9 heteroatoms. The fourth-order valence-electron chi connectivity index (χ4n) is 2.27. The van der Waals surface area contributed by atoms with Crippen LogP contribution in [0.2, 0.25) is 0 Å². The molecule has 1 aliphatic heterocycles. The van der Waals surface area contributed by atoms with Gasteiger partial charge >= 0.3 is 0 Å². The van der Waals surface area contributed by atoms with Crippen LogP contribution in [-0.4, -0.2) is 54.8 Å². The zero-order chi connectivity index (χ0) is 15.8. The number of likely N-dealkylation sites (N-methyl/N-ethyl adjacent to an activating group) is 1. The molecule has 1 aromatic rings. The van der Waals surface area contributed by atoms with Gasteiger partial charge in [0.25, 0.3) is 0 Å². The molecule has 0 aromatic carbocycles. The maximum Gasteiger partial charge on any atom is 0.246 e. The van der Waals surface area contributed by atoms with E-state index in [0.29, 0.717) is 24.1 Å². The van der Waals surface area contributed by atoms with Crippen LogP contribution in [0, 0.1) is 0 Å². The standard InChI is InChI=1S/C12H20BrN5O2S/c1-12(2)8-18(5-4-17(12)3)21(19,20)10-6-9(13)7-15-11(10)16-14/h6-7H,4-5,8,14H2,1-3H3,(H,15,16). The molecule has 0 bridgehead atoms. The minimum atomic E-state index is -3.65. The van der Waals surface area contributed by atoms with Gasteiger partial charge in [-0.25, -0.2) is 19.2 Å². The van der Waals surface area contributed by atoms with Crippen molar-refractivity contribution in [1.29, 1.82) is 0 Å². The Morgan fingerprint density at radius 2 is 2.10 bits per heavy atom. The molecule has 2 rings (SSSR count). The highest BCUT2D eigenvalue weighted by atomic mass is 79.9. The molecule has 1 aliphatic rings. The Morgan fingerprint density at radius 1 is 1.43 bits per heavy atom. The monoisotopic (exact) mass is 377 g/mol. The molecule has 0 atom stereocenters. The highest BCUT2D eigenvalue weighted by Gasteiger charge is 2.38. The summed E-state index contributed by atoms with van der Waals surface area (Å²) in [6, 6.07) is 1.52. The van der Waals surface area contributed by atoms with E-state index >= 15 is 0 Å². The van der Waals surface area contributed by atoms with Crippen molar-refractivity contribution in [3.8, 4) is 0 Å². The van der Waals surface area contributed by atoms with E-state index in [1.807, 2.05) is 20.9 Å². The largest absolute Gasteiger partial charge is 0.307 e. The van der Waals surface area contributed by atoms with E-state index in [4.69, 9.17) is 5.84 Å². The SMILES string of the molecule is CN1CCN(S(=O)(=O)c2cc(Br)cnc2NN)CC1(C)C. The molecule has 7 nitrogen and oxygen atoms in total. The second-order valence-corrected chi connectivity index (χ2v) is 8.54. The molecule has 1 fully saturated rings. The summed E-state index contributed by atoms with van der Waals surface area (Å²) in [6.07, 6.45) is 1.50. The number of anilines is 1. The Kier molecular flexibility index (Phi) is 4.60. The number of hydrogen-bond donors (Lipinski definition) is 2. The van der Waals surface area contributed by atoms with Gasteiger partial charge in [0.1, 0.15) is 4.90 Å². The van der Waals surface area contributed by atoms with Crippen LogP contribution >= 0.6 is 15.9 Å². The van der Waals surface area contributed by atoms with Gasteiger partial charge in [-0.15, -0.1) is 0 Å². The van der Waals surface area contributed by atoms with Crippen LogP contribution in [0.3, 0.4) is 0 Å². The molecule has 2 heterocycles. The quantitative estimate of drug-likeness (QED) is 0.599. The number of sulfonamides is 1. The summed E-state index contributed by atoms with van der Waals surface area (Å²) in [4.78, 5) is 6.25. The average Bonchev–Trinajstić information content (AvgIpc) is 2.41. The van der Waals surface area contributed by atoms with Crippen LogP contribution in [0.5, 0.6) is 0 Å². The van der Waals surface area contributed by atoms with Gasteiger partial charge in [-0.05, 0) is 42.9 Å². The van der Waals surface area contributed by atoms with Crippen molar-refractivity contribution in [1.82, 2.24) is 14.2 Å². The predicted molar refractivity (Wildman–Crippen MR) is 85.2 cm³/mol. The lowest BCUT2D eigenvalue weighted by Crippen LogP contribution is -2.58. The first kappa shape index (κ1) is 16.6. The van der Waals surface area contributed by atoms with Gasteiger partial charge in [-0.1, -0.05) is 0 Å². The number of halogens is 1. The number of nitrogens with zero attached hydrogens (tertiary/aromatic N) is 3. The summed E-state index contributed by atoms with van der Waals surface area (Å²) in [6.45, 7) is 5.59. The summed E-state index contributed by atoms with van der Waals surface area (Å²) in [7, 11) is -1.65. The molecule has 1 aromatic heterocycles. The number of aromatic nitrogens is 1. The Balaban J connectivity index is 2.41. The highest BCUT2D eigenvalue weighted by Crippen LogP contribution is 2.29. The number of hydrazine groups is 1. The van der Waals surface area contributed by atoms with Gasteiger partial charge in [0, 0.05) is 35.8 Å². The Morgan fingerprint density at radius 3 is 2.67 bits per heavy atom. The summed E-state index contributed by atoms with van der Waals surface area (Å²) >= 11 is 3.25. The average molecular weight is 378 g/mol. The van der Waals surface area contributed by atoms with Gasteiger partial charge in [0.2, 0.25) is 10.0 Å². The lowest BCUT2D eigenvalue weighted by Gasteiger charge is -2.44. The third-order valence-electron chi connectivity index (χ3n) is 3.86. The van der Waals surface area contributed by atoms with Crippen LogP contribution in [0.4, 0.5) is 5.82 Å². The van der Waals surface area contributed by atoms with Crippen molar-refractivity contribution in [2.75, 3.05) is 32.1 Å². The van der Waals surface area contributed by atoms with E-state index in [1.54, 1.807) is 0 Å². The van der Waals surface area contributed by atoms with E-state index in [0.717, 1.165) is 0 Å². The van der Waals surface area contributed by atoms with Crippen molar-refractivity contribution >= 4 is 31.8 Å². The Hall–Kier alpha value is -0.740. The second kappa shape index (κ2) is 5.81. The fourth-order valence-corrected chi connectivity index (χ4v) is 4.47. The molecule has 21 heavy (non-hydrogen) atoms. The first-order chi connectivity index (χ1) is 9.68. The lowest BCUT2D eigenvalue weighted by atomic mass is 10.0. The molecule has 0 aliphatic carbocycles. The van der Waals surface area contributed by atoms with E-state index in [1.165, 1.54) is 16.6 Å². The fraction of sp³-hybridized carbons (Fsp3) is 0.583. The first-order valence-corrected chi connectivity index (χ1v) is 8.75. The number of rotatable bonds is 3. The molecule has 0 unspecified atom stereocenters. The third kappa shape index (κ3) is 3.21. The minimum absolute atomic E-state index is 0.0831. The first-order valence-electron chi connectivity index (χ1n) is 6.52. The number of nitrogens with one attached hydrogen (secondary N) is 1. The van der Waals surface area contributed by atoms with Crippen LogP contribution in [-0.2, 0) is 10.0 Å². The zero-order valence-electron chi connectivity index (χ0n) is 12.3. The number of pyridine rings is 1. The zero-order valence-corrected chi connectivity index (χ0v) is 14.7. The van der Waals surface area contributed by atoms with Crippen LogP contribution < -0.4 is 11.3 Å². The van der Waals surface area contributed by atoms with Gasteiger partial charge in [-0.3, -0.25) is 4.90 Å². The van der Waals surface area contributed by atoms with E-state index in [2.05, 4.69) is 31.2 Å². The van der Waals surface area contributed by atoms with Crippen LogP contribution in [0.15, 0.2) is 21.6 Å². The van der Waals surface area contributed by atoms with E-state index in [9.17, 15) is 8.42 Å². The number of piperazine rings is 1. The van der Waals surface area contributed by atoms with E-state index in [-0.39, 0.29) is 16.3 Å². The molecule has 0 saturated carbocycles. The molecule has 1 saturated heterocycles. The summed E-state index contributed by atoms with van der Waals surface area (Å²) < 4.78 is 27.8. The molecule has 3 N–H and O–H groups in total. The van der Waals surface area contributed by atoms with Crippen molar-refractivity contribution in [2.24, 2.45) is 5.84 Å². The molecule has 0 spiro atoms. The Bertz CT molecular complexity index is 635. The van der Waals surface area contributed by atoms with Gasteiger partial charge in [0.05, 0.1) is 0 Å². The molecule has 0 radical (unpaired) electrons. The molecular weight excluding hydrogens is 358 g/mol. The van der Waals surface area contributed by atoms with Crippen molar-refractivity contribution in [3.63, 3.8) is 0 Å². The second-order valence-electron chi connectivity index (χ2n) is 5.72. The number of hydrogen-bond acceptors (Lipinski definition) is 6. The maximum absolute atomic E-state index is 12.9. The predicted octanol–water partition coefficient (Wildman–Crippen LogP) is 0.844. The van der Waals surface area contributed by atoms with Crippen molar-refractivity contribution in [2.45, 2.75) is 24.3 Å². The third-order valence-corrected chi connectivity index (χ3v) is 6.15. The normalized spacial score (nSPS) is 20.4. The van der Waals surface area contributed by atoms with Crippen molar-refractivity contribution < 1.29 is 8.42 Å². The highest BCUT2D eigenvalue weighted by molar-refractivity contribution is 9.10. The molecular formula is C12H20BrN5O2S. The lowest BCUT2D eigenvalue weighted by molar-refractivity contribution is 0.0801. The van der Waals surface area contributed by atoms with Gasteiger partial charge in [-0.2, -0.15) is 4.31 Å². The summed E-state index contributed by atoms with van der Waals surface area (Å²) in [5.74, 6) is 5.53. The minimum Gasteiger partial charge on any atom is -0.307 e. The summed E-state index contributed by atoms with van der Waals surface area (Å²) in [5.41, 5.74) is 2.13. The Labute approximate surface area is 133 Å². The van der Waals surface area contributed by atoms with Crippen molar-refractivity contribution in [3.05, 3.63) is 16.7 Å². The smallest absolute Gasteiger partial charge is 0.246 e. The topological polar surface area (TPSA) is 91.6 Å². The molecule has 0 amide bonds. The van der Waals surface area contributed by atoms with E-state index < -0.39 is 10.0 Å².